The first kappa shape index (κ1) is 14.9. The summed E-state index contributed by atoms with van der Waals surface area (Å²) in [6, 6.07) is 6.81. The molecule has 0 radical (unpaired) electrons. The van der Waals surface area contributed by atoms with Crippen LogP contribution in [0.5, 0.6) is 5.75 Å². The maximum absolute atomic E-state index is 6.63. The van der Waals surface area contributed by atoms with Gasteiger partial charge in [0.25, 0.3) is 0 Å². The molecule has 1 saturated carbocycles. The molecule has 3 rings (SSSR count). The number of hydrogen-bond acceptors (Lipinski definition) is 2. The molecule has 1 atom stereocenters. The molecule has 21 heavy (non-hydrogen) atoms. The molecule has 0 amide bonds. The highest BCUT2D eigenvalue weighted by molar-refractivity contribution is 5.45. The Bertz CT molecular complexity index is 486. The van der Waals surface area contributed by atoms with Crippen LogP contribution in [0.1, 0.15) is 76.0 Å². The third-order valence-corrected chi connectivity index (χ3v) is 5.36. The first-order chi connectivity index (χ1) is 10.1. The van der Waals surface area contributed by atoms with Gasteiger partial charge >= 0.3 is 0 Å². The highest BCUT2D eigenvalue weighted by Gasteiger charge is 2.32. The Morgan fingerprint density at radius 1 is 1.10 bits per heavy atom. The van der Waals surface area contributed by atoms with Crippen LogP contribution in [0.25, 0.3) is 0 Å². The number of nitrogens with two attached hydrogens (primary N) is 1. The molecular weight excluding hydrogens is 258 g/mol. The van der Waals surface area contributed by atoms with E-state index in [1.807, 2.05) is 0 Å². The van der Waals surface area contributed by atoms with Crippen LogP contribution in [0, 0.1) is 5.92 Å². The zero-order valence-corrected chi connectivity index (χ0v) is 13.5. The van der Waals surface area contributed by atoms with E-state index in [-0.39, 0.29) is 11.5 Å². The Morgan fingerprint density at radius 3 is 2.48 bits per heavy atom. The summed E-state index contributed by atoms with van der Waals surface area (Å²) >= 11 is 0. The van der Waals surface area contributed by atoms with Crippen molar-refractivity contribution in [2.45, 2.75) is 70.3 Å². The fourth-order valence-electron chi connectivity index (χ4n) is 3.86. The molecule has 1 aliphatic carbocycles. The van der Waals surface area contributed by atoms with Gasteiger partial charge in [-0.15, -0.1) is 0 Å². The zero-order valence-electron chi connectivity index (χ0n) is 13.5. The monoisotopic (exact) mass is 287 g/mol. The van der Waals surface area contributed by atoms with Crippen molar-refractivity contribution in [1.82, 2.24) is 0 Å². The molecule has 1 heterocycles. The molecule has 0 bridgehead atoms. The first-order valence-electron chi connectivity index (χ1n) is 8.61. The van der Waals surface area contributed by atoms with Crippen molar-refractivity contribution in [2.75, 3.05) is 6.61 Å². The van der Waals surface area contributed by atoms with E-state index >= 15 is 0 Å². The normalized spacial score (nSPS) is 23.8. The van der Waals surface area contributed by atoms with Gasteiger partial charge in [-0.25, -0.2) is 0 Å². The Kier molecular flexibility index (Phi) is 4.26. The SMILES string of the molecule is CC1(C)COc2ccc(C(N)C3CCCCCCC3)cc21. The molecule has 2 aliphatic rings. The van der Waals surface area contributed by atoms with Crippen molar-refractivity contribution in [3.63, 3.8) is 0 Å². The Balaban J connectivity index is 1.79. The minimum atomic E-state index is 0.117. The van der Waals surface area contributed by atoms with E-state index in [0.29, 0.717) is 5.92 Å². The summed E-state index contributed by atoms with van der Waals surface area (Å²) in [4.78, 5) is 0. The number of benzene rings is 1. The van der Waals surface area contributed by atoms with Crippen LogP contribution >= 0.6 is 0 Å². The summed E-state index contributed by atoms with van der Waals surface area (Å²) in [7, 11) is 0. The Labute approximate surface area is 129 Å². The van der Waals surface area contributed by atoms with Gasteiger partial charge in [0.05, 0.1) is 6.61 Å². The second kappa shape index (κ2) is 6.00. The molecular formula is C19H29NO. The fourth-order valence-corrected chi connectivity index (χ4v) is 3.86. The average Bonchev–Trinajstić information content (AvgIpc) is 2.73. The topological polar surface area (TPSA) is 35.2 Å². The second-order valence-electron chi connectivity index (χ2n) is 7.56. The molecule has 1 aliphatic heterocycles. The van der Waals surface area contributed by atoms with Crippen molar-refractivity contribution < 1.29 is 4.74 Å². The van der Waals surface area contributed by atoms with Gasteiger partial charge in [0.2, 0.25) is 0 Å². The van der Waals surface area contributed by atoms with Crippen molar-refractivity contribution in [1.29, 1.82) is 0 Å². The number of ether oxygens (including phenoxy) is 1. The molecule has 116 valence electrons. The fraction of sp³-hybridized carbons (Fsp3) is 0.684. The molecule has 0 spiro atoms. The standard InChI is InChI=1S/C19H29NO/c1-19(2)13-21-17-11-10-15(12-16(17)19)18(20)14-8-6-4-3-5-7-9-14/h10-12,14,18H,3-9,13,20H2,1-2H3. The van der Waals surface area contributed by atoms with Gasteiger partial charge in [0, 0.05) is 17.0 Å². The minimum absolute atomic E-state index is 0.117. The van der Waals surface area contributed by atoms with E-state index in [4.69, 9.17) is 10.5 Å². The smallest absolute Gasteiger partial charge is 0.123 e. The van der Waals surface area contributed by atoms with Crippen molar-refractivity contribution in [2.24, 2.45) is 11.7 Å². The molecule has 2 nitrogen and oxygen atoms in total. The molecule has 0 saturated heterocycles. The summed E-state index contributed by atoms with van der Waals surface area (Å²) < 4.78 is 5.79. The number of rotatable bonds is 2. The van der Waals surface area contributed by atoms with Crippen molar-refractivity contribution in [3.05, 3.63) is 29.3 Å². The lowest BCUT2D eigenvalue weighted by Crippen LogP contribution is -2.23. The molecule has 2 N–H and O–H groups in total. The summed E-state index contributed by atoms with van der Waals surface area (Å²) in [5, 5.41) is 0. The highest BCUT2D eigenvalue weighted by atomic mass is 16.5. The lowest BCUT2D eigenvalue weighted by atomic mass is 9.81. The summed E-state index contributed by atoms with van der Waals surface area (Å²) in [5.74, 6) is 1.70. The minimum Gasteiger partial charge on any atom is -0.492 e. The predicted octanol–water partition coefficient (Wildman–Crippen LogP) is 4.72. The predicted molar refractivity (Wildman–Crippen MR) is 87.7 cm³/mol. The van der Waals surface area contributed by atoms with Gasteiger partial charge in [0.15, 0.2) is 0 Å². The zero-order chi connectivity index (χ0) is 14.9. The third kappa shape index (κ3) is 3.11. The lowest BCUT2D eigenvalue weighted by Gasteiger charge is -2.27. The summed E-state index contributed by atoms with van der Waals surface area (Å²) in [6.45, 7) is 5.29. The largest absolute Gasteiger partial charge is 0.492 e. The number of fused-ring (bicyclic) bond motifs is 1. The van der Waals surface area contributed by atoms with Gasteiger partial charge in [0.1, 0.15) is 5.75 Å². The van der Waals surface area contributed by atoms with Gasteiger partial charge < -0.3 is 10.5 Å². The lowest BCUT2D eigenvalue weighted by molar-refractivity contribution is 0.291. The quantitative estimate of drug-likeness (QED) is 0.854. The average molecular weight is 287 g/mol. The van der Waals surface area contributed by atoms with Crippen LogP contribution in [-0.2, 0) is 5.41 Å². The maximum atomic E-state index is 6.63. The van der Waals surface area contributed by atoms with E-state index in [2.05, 4.69) is 32.0 Å². The van der Waals surface area contributed by atoms with Crippen LogP contribution in [0.4, 0.5) is 0 Å². The van der Waals surface area contributed by atoms with Gasteiger partial charge in [-0.1, -0.05) is 52.0 Å². The molecule has 1 unspecified atom stereocenters. The molecule has 1 aromatic rings. The summed E-state index contributed by atoms with van der Waals surface area (Å²) in [5.41, 5.74) is 9.39. The molecule has 1 fully saturated rings. The molecule has 0 aromatic heterocycles. The van der Waals surface area contributed by atoms with Crippen LogP contribution in [0.3, 0.4) is 0 Å². The van der Waals surface area contributed by atoms with E-state index in [1.54, 1.807) is 0 Å². The van der Waals surface area contributed by atoms with Crippen molar-refractivity contribution in [3.8, 4) is 5.75 Å². The number of hydrogen-bond donors (Lipinski definition) is 1. The van der Waals surface area contributed by atoms with Crippen LogP contribution < -0.4 is 10.5 Å². The van der Waals surface area contributed by atoms with E-state index in [1.165, 1.54) is 56.1 Å². The first-order valence-corrected chi connectivity index (χ1v) is 8.61. The molecule has 1 aromatic carbocycles. The maximum Gasteiger partial charge on any atom is 0.123 e. The Morgan fingerprint density at radius 2 is 1.76 bits per heavy atom. The van der Waals surface area contributed by atoms with Gasteiger partial charge in [-0.05, 0) is 36.5 Å². The van der Waals surface area contributed by atoms with E-state index in [9.17, 15) is 0 Å². The van der Waals surface area contributed by atoms with Gasteiger partial charge in [-0.3, -0.25) is 0 Å². The summed E-state index contributed by atoms with van der Waals surface area (Å²) in [6.07, 6.45) is 9.45. The molecule has 2 heteroatoms. The van der Waals surface area contributed by atoms with E-state index < -0.39 is 0 Å². The van der Waals surface area contributed by atoms with Crippen LogP contribution in [-0.4, -0.2) is 6.61 Å². The Hall–Kier alpha value is -1.02. The second-order valence-corrected chi connectivity index (χ2v) is 7.56. The van der Waals surface area contributed by atoms with Gasteiger partial charge in [-0.2, -0.15) is 0 Å². The third-order valence-electron chi connectivity index (χ3n) is 5.36. The van der Waals surface area contributed by atoms with Crippen molar-refractivity contribution >= 4 is 0 Å². The highest BCUT2D eigenvalue weighted by Crippen LogP contribution is 2.41. The van der Waals surface area contributed by atoms with Crippen LogP contribution in [0.15, 0.2) is 18.2 Å². The van der Waals surface area contributed by atoms with E-state index in [0.717, 1.165) is 12.4 Å². The van der Waals surface area contributed by atoms with Crippen LogP contribution in [0.2, 0.25) is 0 Å².